The van der Waals surface area contributed by atoms with Crippen molar-refractivity contribution >= 4 is 46.0 Å². The number of hydrogen-bond acceptors (Lipinski definition) is 3. The number of nitrogens with one attached hydrogen (secondary N) is 1. The van der Waals surface area contributed by atoms with Crippen LogP contribution in [0.15, 0.2) is 30.3 Å². The molecule has 0 spiro atoms. The molecule has 2 unspecified atom stereocenters. The summed E-state index contributed by atoms with van der Waals surface area (Å²) in [5.74, 6) is -1.75. The van der Waals surface area contributed by atoms with Crippen LogP contribution in [0.3, 0.4) is 0 Å². The predicted octanol–water partition coefficient (Wildman–Crippen LogP) is 7.11. The van der Waals surface area contributed by atoms with Crippen LogP contribution in [0.1, 0.15) is 85.1 Å². The predicted molar refractivity (Wildman–Crippen MR) is 164 cm³/mol. The standard InChI is InChI=1S/C31H39ClF2IN3O2/c1-18-14-25(29(35)36-19(2)39)24(16-27(18)32)20-8-11-37(12-9-20)30(40)23-10-13-38(31(3,4)5)17-26(23)22-7-6-21(33)15-28(22)34/h6-7,14-16,20,23,26,29H,8-13,17H2,1-5H3,(H,36,39)/t23?,26?,29-/m1/s1. The van der Waals surface area contributed by atoms with Crippen molar-refractivity contribution in [3.05, 3.63) is 69.2 Å². The maximum atomic E-state index is 15.0. The van der Waals surface area contributed by atoms with Crippen molar-refractivity contribution in [1.82, 2.24) is 15.1 Å². The molecule has 0 bridgehead atoms. The van der Waals surface area contributed by atoms with Crippen LogP contribution in [0.4, 0.5) is 8.78 Å². The van der Waals surface area contributed by atoms with E-state index in [1.165, 1.54) is 19.1 Å². The van der Waals surface area contributed by atoms with Gasteiger partial charge in [-0.2, -0.15) is 0 Å². The molecule has 0 aromatic heterocycles. The van der Waals surface area contributed by atoms with E-state index in [0.29, 0.717) is 36.6 Å². The zero-order chi connectivity index (χ0) is 29.4. The van der Waals surface area contributed by atoms with Gasteiger partial charge in [-0.05, 0) is 93.8 Å². The van der Waals surface area contributed by atoms with E-state index >= 15 is 0 Å². The number of likely N-dealkylation sites (tertiary alicyclic amines) is 2. The van der Waals surface area contributed by atoms with E-state index in [0.717, 1.165) is 42.1 Å². The fourth-order valence-corrected chi connectivity index (χ4v) is 7.32. The second-order valence-electron chi connectivity index (χ2n) is 12.2. The molecule has 5 nitrogen and oxygen atoms in total. The van der Waals surface area contributed by atoms with Crippen molar-refractivity contribution in [3.8, 4) is 0 Å². The molecule has 0 saturated carbocycles. The Hall–Kier alpha value is -1.78. The number of benzene rings is 2. The van der Waals surface area contributed by atoms with Crippen LogP contribution in [0.5, 0.6) is 0 Å². The molecule has 2 amide bonds. The second-order valence-corrected chi connectivity index (χ2v) is 13.8. The number of hydrogen-bond donors (Lipinski definition) is 1. The highest BCUT2D eigenvalue weighted by Gasteiger charge is 2.41. The fraction of sp³-hybridized carbons (Fsp3) is 0.548. The Kier molecular flexibility index (Phi) is 9.83. The number of aryl methyl sites for hydroxylation is 1. The fourth-order valence-electron chi connectivity index (χ4n) is 6.17. The lowest BCUT2D eigenvalue weighted by Crippen LogP contribution is -2.53. The first-order chi connectivity index (χ1) is 18.8. The van der Waals surface area contributed by atoms with Gasteiger partial charge in [0.2, 0.25) is 11.8 Å². The van der Waals surface area contributed by atoms with Gasteiger partial charge in [-0.15, -0.1) is 0 Å². The number of halogens is 4. The minimum absolute atomic E-state index is 0.0490. The first kappa shape index (κ1) is 31.2. The summed E-state index contributed by atoms with van der Waals surface area (Å²) in [6, 6.07) is 7.77. The molecule has 1 N–H and O–H groups in total. The van der Waals surface area contributed by atoms with Crippen LogP contribution in [-0.4, -0.2) is 53.3 Å². The smallest absolute Gasteiger partial charge is 0.226 e. The number of amides is 2. The molecular formula is C31H39ClF2IN3O2. The average molecular weight is 686 g/mol. The zero-order valence-corrected chi connectivity index (χ0v) is 26.8. The van der Waals surface area contributed by atoms with Crippen molar-refractivity contribution < 1.29 is 18.4 Å². The van der Waals surface area contributed by atoms with E-state index in [2.05, 4.69) is 53.6 Å². The van der Waals surface area contributed by atoms with E-state index in [9.17, 15) is 18.4 Å². The van der Waals surface area contributed by atoms with Gasteiger partial charge >= 0.3 is 0 Å². The molecule has 218 valence electrons. The molecular weight excluding hydrogens is 647 g/mol. The van der Waals surface area contributed by atoms with E-state index in [4.69, 9.17) is 11.6 Å². The lowest BCUT2D eigenvalue weighted by Gasteiger charge is -2.46. The third-order valence-corrected chi connectivity index (χ3v) is 9.84. The Morgan fingerprint density at radius 1 is 1.05 bits per heavy atom. The lowest BCUT2D eigenvalue weighted by molar-refractivity contribution is -0.139. The van der Waals surface area contributed by atoms with Gasteiger partial charge in [0.1, 0.15) is 15.7 Å². The molecule has 2 aromatic rings. The number of carbonyl (C=O) groups is 2. The monoisotopic (exact) mass is 685 g/mol. The summed E-state index contributed by atoms with van der Waals surface area (Å²) in [5.41, 5.74) is 3.40. The molecule has 3 atom stereocenters. The van der Waals surface area contributed by atoms with E-state index in [1.807, 2.05) is 24.0 Å². The molecule has 2 heterocycles. The summed E-state index contributed by atoms with van der Waals surface area (Å²) in [7, 11) is 0. The highest BCUT2D eigenvalue weighted by atomic mass is 127. The minimum Gasteiger partial charge on any atom is -0.342 e. The van der Waals surface area contributed by atoms with E-state index in [-0.39, 0.29) is 39.2 Å². The van der Waals surface area contributed by atoms with E-state index in [1.54, 1.807) is 0 Å². The summed E-state index contributed by atoms with van der Waals surface area (Å²) >= 11 is 8.76. The average Bonchev–Trinajstić information content (AvgIpc) is 2.88. The second kappa shape index (κ2) is 12.6. The number of nitrogens with zero attached hydrogens (tertiary/aromatic N) is 2. The summed E-state index contributed by atoms with van der Waals surface area (Å²) in [6.45, 7) is 12.3. The molecule has 2 aliphatic rings. The third kappa shape index (κ3) is 6.98. The number of carbonyl (C=O) groups excluding carboxylic acids is 2. The van der Waals surface area contributed by atoms with Crippen LogP contribution >= 0.6 is 34.2 Å². The van der Waals surface area contributed by atoms with Crippen LogP contribution in [0.2, 0.25) is 5.02 Å². The first-order valence-electron chi connectivity index (χ1n) is 14.0. The Balaban J connectivity index is 1.53. The van der Waals surface area contributed by atoms with Gasteiger partial charge < -0.3 is 10.2 Å². The molecule has 4 rings (SSSR count). The van der Waals surface area contributed by atoms with E-state index < -0.39 is 11.6 Å². The molecule has 2 saturated heterocycles. The summed E-state index contributed by atoms with van der Waals surface area (Å²) < 4.78 is 28.6. The summed E-state index contributed by atoms with van der Waals surface area (Å²) in [5, 5.41) is 3.67. The van der Waals surface area contributed by atoms with Crippen LogP contribution < -0.4 is 5.32 Å². The lowest BCUT2D eigenvalue weighted by atomic mass is 9.77. The SMILES string of the molecule is CC(=O)N[C@@H](I)c1cc(C)c(Cl)cc1C1CCN(C(=O)C2CCN(C(C)(C)C)CC2c2ccc(F)cc2F)CC1. The quantitative estimate of drug-likeness (QED) is 0.208. The third-order valence-electron chi connectivity index (χ3n) is 8.45. The molecule has 2 fully saturated rings. The van der Waals surface area contributed by atoms with Gasteiger partial charge in [0.05, 0.1) is 0 Å². The van der Waals surface area contributed by atoms with Crippen LogP contribution in [-0.2, 0) is 9.59 Å². The molecule has 9 heteroatoms. The van der Waals surface area contributed by atoms with Gasteiger partial charge in [0.15, 0.2) is 0 Å². The largest absolute Gasteiger partial charge is 0.342 e. The summed E-state index contributed by atoms with van der Waals surface area (Å²) in [6.07, 6.45) is 2.18. The summed E-state index contributed by atoms with van der Waals surface area (Å²) in [4.78, 5) is 29.9. The maximum Gasteiger partial charge on any atom is 0.226 e. The van der Waals surface area contributed by atoms with Crippen LogP contribution in [0, 0.1) is 24.5 Å². The zero-order valence-electron chi connectivity index (χ0n) is 23.9. The maximum absolute atomic E-state index is 15.0. The Labute approximate surface area is 255 Å². The van der Waals surface area contributed by atoms with Crippen molar-refractivity contribution in [2.24, 2.45) is 5.92 Å². The molecule has 2 aliphatic heterocycles. The van der Waals surface area contributed by atoms with Gasteiger partial charge in [-0.25, -0.2) is 8.78 Å². The Bertz CT molecular complexity index is 1260. The normalized spacial score (nSPS) is 21.8. The van der Waals surface area contributed by atoms with Gasteiger partial charge in [0, 0.05) is 55.0 Å². The highest BCUT2D eigenvalue weighted by Crippen LogP contribution is 2.41. The molecule has 0 aliphatic carbocycles. The number of piperidine rings is 2. The Morgan fingerprint density at radius 2 is 1.73 bits per heavy atom. The molecule has 40 heavy (non-hydrogen) atoms. The van der Waals surface area contributed by atoms with Gasteiger partial charge in [0.25, 0.3) is 0 Å². The van der Waals surface area contributed by atoms with Gasteiger partial charge in [-0.3, -0.25) is 14.5 Å². The van der Waals surface area contributed by atoms with Crippen molar-refractivity contribution in [3.63, 3.8) is 0 Å². The van der Waals surface area contributed by atoms with Crippen LogP contribution in [0.25, 0.3) is 0 Å². The molecule has 2 aromatic carbocycles. The van der Waals surface area contributed by atoms with Crippen molar-refractivity contribution in [2.75, 3.05) is 26.2 Å². The number of rotatable bonds is 5. The molecule has 0 radical (unpaired) electrons. The number of alkyl halides is 1. The topological polar surface area (TPSA) is 52.7 Å². The van der Waals surface area contributed by atoms with Crippen molar-refractivity contribution in [1.29, 1.82) is 0 Å². The first-order valence-corrected chi connectivity index (χ1v) is 15.6. The highest BCUT2D eigenvalue weighted by molar-refractivity contribution is 14.1. The van der Waals surface area contributed by atoms with Crippen molar-refractivity contribution in [2.45, 2.75) is 75.3 Å². The minimum atomic E-state index is -0.613. The Morgan fingerprint density at radius 3 is 2.33 bits per heavy atom. The van der Waals surface area contributed by atoms with Gasteiger partial charge in [-0.1, -0.05) is 46.3 Å².